The van der Waals surface area contributed by atoms with Crippen molar-refractivity contribution in [2.24, 2.45) is 0 Å². The lowest BCUT2D eigenvalue weighted by atomic mass is 10.1. The monoisotopic (exact) mass is 357 g/mol. The van der Waals surface area contributed by atoms with Crippen LogP contribution in [0.15, 0.2) is 30.3 Å². The summed E-state index contributed by atoms with van der Waals surface area (Å²) in [7, 11) is 1.51. The van der Waals surface area contributed by atoms with E-state index >= 15 is 0 Å². The number of phenols is 1. The number of benzene rings is 2. The molecule has 6 nitrogen and oxygen atoms in total. The molecular weight excluding hydrogens is 334 g/mol. The lowest BCUT2D eigenvalue weighted by molar-refractivity contribution is 0.0947. The first-order valence-corrected chi connectivity index (χ1v) is 8.62. The van der Waals surface area contributed by atoms with Crippen LogP contribution in [-0.2, 0) is 13.0 Å². The Labute approximate surface area is 152 Å². The highest BCUT2D eigenvalue weighted by Gasteiger charge is 2.22. The van der Waals surface area contributed by atoms with Crippen molar-refractivity contribution in [1.29, 1.82) is 0 Å². The summed E-state index contributed by atoms with van der Waals surface area (Å²) in [6.45, 7) is 4.74. The van der Waals surface area contributed by atoms with Crippen molar-refractivity contribution in [3.05, 3.63) is 47.0 Å². The normalized spacial score (nSPS) is 15.1. The van der Waals surface area contributed by atoms with Gasteiger partial charge in [-0.1, -0.05) is 0 Å². The van der Waals surface area contributed by atoms with E-state index in [0.29, 0.717) is 12.4 Å². The van der Waals surface area contributed by atoms with Gasteiger partial charge in [0.25, 0.3) is 5.91 Å². The van der Waals surface area contributed by atoms with E-state index in [2.05, 4.69) is 5.32 Å². The van der Waals surface area contributed by atoms with E-state index < -0.39 is 5.91 Å². The Hall–Kier alpha value is -2.89. The number of fused-ring (bicyclic) bond motifs is 1. The molecule has 2 aromatic carbocycles. The van der Waals surface area contributed by atoms with E-state index in [0.717, 1.165) is 29.0 Å². The fourth-order valence-corrected chi connectivity index (χ4v) is 3.00. The zero-order valence-corrected chi connectivity index (χ0v) is 15.2. The minimum atomic E-state index is -0.390. The first-order valence-electron chi connectivity index (χ1n) is 8.62. The zero-order chi connectivity index (χ0) is 18.7. The number of hydrogen-bond acceptors (Lipinski definition) is 5. The zero-order valence-electron chi connectivity index (χ0n) is 15.2. The quantitative estimate of drug-likeness (QED) is 0.831. The highest BCUT2D eigenvalue weighted by atomic mass is 16.5. The first-order chi connectivity index (χ1) is 12.5. The van der Waals surface area contributed by atoms with Crippen LogP contribution in [0.2, 0.25) is 0 Å². The molecule has 3 rings (SSSR count). The standard InChI is InChI=1S/C20H23NO5/c1-4-25-18-8-13-7-12(2)26-19(13)9-14(18)11-21-20(23)16-10-15(24-3)5-6-17(16)22/h5-6,8-10,12,22H,4,7,11H2,1-3H3,(H,21,23)/t12-/m0/s1. The van der Waals surface area contributed by atoms with Crippen molar-refractivity contribution in [1.82, 2.24) is 5.32 Å². The Morgan fingerprint density at radius 3 is 2.88 bits per heavy atom. The van der Waals surface area contributed by atoms with Crippen LogP contribution in [0.4, 0.5) is 0 Å². The van der Waals surface area contributed by atoms with Crippen LogP contribution in [0.3, 0.4) is 0 Å². The summed E-state index contributed by atoms with van der Waals surface area (Å²) in [5.74, 6) is 1.58. The molecule has 0 saturated heterocycles. The molecule has 2 aromatic rings. The van der Waals surface area contributed by atoms with Gasteiger partial charge in [-0.2, -0.15) is 0 Å². The molecule has 1 heterocycles. The summed E-state index contributed by atoms with van der Waals surface area (Å²) in [6, 6.07) is 8.42. The maximum atomic E-state index is 12.5. The van der Waals surface area contributed by atoms with Gasteiger partial charge in [-0.15, -0.1) is 0 Å². The van der Waals surface area contributed by atoms with Gasteiger partial charge in [-0.3, -0.25) is 4.79 Å². The van der Waals surface area contributed by atoms with Gasteiger partial charge < -0.3 is 24.6 Å². The highest BCUT2D eigenvalue weighted by molar-refractivity contribution is 5.97. The van der Waals surface area contributed by atoms with Gasteiger partial charge in [0, 0.05) is 24.1 Å². The molecule has 0 unspecified atom stereocenters. The van der Waals surface area contributed by atoms with E-state index in [-0.39, 0.29) is 24.0 Å². The highest BCUT2D eigenvalue weighted by Crippen LogP contribution is 2.35. The topological polar surface area (TPSA) is 77.0 Å². The van der Waals surface area contributed by atoms with Crippen molar-refractivity contribution < 1.29 is 24.1 Å². The number of ether oxygens (including phenoxy) is 3. The molecule has 0 aromatic heterocycles. The largest absolute Gasteiger partial charge is 0.507 e. The Kier molecular flexibility index (Phi) is 5.21. The Bertz CT molecular complexity index is 818. The number of phenolic OH excluding ortho intramolecular Hbond substituents is 1. The average molecular weight is 357 g/mol. The van der Waals surface area contributed by atoms with Gasteiger partial charge in [0.2, 0.25) is 0 Å². The van der Waals surface area contributed by atoms with Crippen molar-refractivity contribution in [3.8, 4) is 23.0 Å². The molecule has 0 fully saturated rings. The lowest BCUT2D eigenvalue weighted by Gasteiger charge is -2.14. The van der Waals surface area contributed by atoms with Crippen LogP contribution in [0.5, 0.6) is 23.0 Å². The number of amides is 1. The maximum absolute atomic E-state index is 12.5. The molecule has 1 aliphatic rings. The van der Waals surface area contributed by atoms with Gasteiger partial charge in [-0.05, 0) is 44.2 Å². The van der Waals surface area contributed by atoms with Gasteiger partial charge in [0.1, 0.15) is 29.1 Å². The summed E-state index contributed by atoms with van der Waals surface area (Å²) in [6.07, 6.45) is 0.984. The predicted molar refractivity (Wildman–Crippen MR) is 97.2 cm³/mol. The molecule has 6 heteroatoms. The number of rotatable bonds is 6. The second kappa shape index (κ2) is 7.56. The van der Waals surface area contributed by atoms with Crippen molar-refractivity contribution in [2.75, 3.05) is 13.7 Å². The predicted octanol–water partition coefficient (Wildman–Crippen LogP) is 3.05. The summed E-state index contributed by atoms with van der Waals surface area (Å²) >= 11 is 0. The van der Waals surface area contributed by atoms with Gasteiger partial charge in [0.15, 0.2) is 0 Å². The van der Waals surface area contributed by atoms with Crippen LogP contribution in [-0.4, -0.2) is 30.8 Å². The summed E-state index contributed by atoms with van der Waals surface area (Å²) in [4.78, 5) is 12.5. The Morgan fingerprint density at radius 2 is 2.15 bits per heavy atom. The molecule has 138 valence electrons. The molecule has 1 aliphatic heterocycles. The van der Waals surface area contributed by atoms with E-state index in [1.807, 2.05) is 26.0 Å². The van der Waals surface area contributed by atoms with E-state index in [4.69, 9.17) is 14.2 Å². The van der Waals surface area contributed by atoms with Crippen LogP contribution in [0, 0.1) is 0 Å². The summed E-state index contributed by atoms with van der Waals surface area (Å²) < 4.78 is 16.6. The summed E-state index contributed by atoms with van der Waals surface area (Å²) in [5.41, 5.74) is 2.10. The molecule has 1 amide bonds. The third-order valence-electron chi connectivity index (χ3n) is 4.27. The number of carbonyl (C=O) groups excluding carboxylic acids is 1. The van der Waals surface area contributed by atoms with Crippen molar-refractivity contribution >= 4 is 5.91 Å². The van der Waals surface area contributed by atoms with Crippen molar-refractivity contribution in [2.45, 2.75) is 32.9 Å². The molecule has 0 aliphatic carbocycles. The first kappa shape index (κ1) is 17.9. The molecular formula is C20H23NO5. The SMILES string of the molecule is CCOc1cc2c(cc1CNC(=O)c1cc(OC)ccc1O)O[C@@H](C)C2. The molecule has 0 spiro atoms. The lowest BCUT2D eigenvalue weighted by Crippen LogP contribution is -2.23. The fraction of sp³-hybridized carbons (Fsp3) is 0.350. The number of methoxy groups -OCH3 is 1. The van der Waals surface area contributed by atoms with Crippen molar-refractivity contribution in [3.63, 3.8) is 0 Å². The third-order valence-corrected chi connectivity index (χ3v) is 4.27. The van der Waals surface area contributed by atoms with E-state index in [9.17, 15) is 9.90 Å². The number of nitrogens with one attached hydrogen (secondary N) is 1. The Morgan fingerprint density at radius 1 is 1.35 bits per heavy atom. The number of hydrogen-bond donors (Lipinski definition) is 2. The second-order valence-electron chi connectivity index (χ2n) is 6.20. The van der Waals surface area contributed by atoms with Gasteiger partial charge in [-0.25, -0.2) is 0 Å². The molecule has 0 bridgehead atoms. The smallest absolute Gasteiger partial charge is 0.255 e. The van der Waals surface area contributed by atoms with E-state index in [1.165, 1.54) is 19.2 Å². The second-order valence-corrected chi connectivity index (χ2v) is 6.20. The maximum Gasteiger partial charge on any atom is 0.255 e. The fourth-order valence-electron chi connectivity index (χ4n) is 3.00. The van der Waals surface area contributed by atoms with Crippen LogP contribution >= 0.6 is 0 Å². The molecule has 26 heavy (non-hydrogen) atoms. The summed E-state index contributed by atoms with van der Waals surface area (Å²) in [5, 5.41) is 12.8. The van der Waals surface area contributed by atoms with Crippen LogP contribution < -0.4 is 19.5 Å². The molecule has 1 atom stereocenters. The Balaban J connectivity index is 1.79. The number of aromatic hydroxyl groups is 1. The minimum Gasteiger partial charge on any atom is -0.507 e. The van der Waals surface area contributed by atoms with E-state index in [1.54, 1.807) is 6.07 Å². The van der Waals surface area contributed by atoms with Gasteiger partial charge in [0.05, 0.1) is 19.3 Å². The average Bonchev–Trinajstić information content (AvgIpc) is 2.99. The van der Waals surface area contributed by atoms with Gasteiger partial charge >= 0.3 is 0 Å². The molecule has 2 N–H and O–H groups in total. The number of carbonyl (C=O) groups is 1. The third kappa shape index (κ3) is 3.69. The minimum absolute atomic E-state index is 0.0977. The molecule has 0 saturated carbocycles. The molecule has 0 radical (unpaired) electrons. The van der Waals surface area contributed by atoms with Crippen LogP contribution in [0.25, 0.3) is 0 Å². The van der Waals surface area contributed by atoms with Crippen LogP contribution in [0.1, 0.15) is 35.3 Å².